The normalized spacial score (nSPS) is 16.4. The van der Waals surface area contributed by atoms with E-state index >= 15 is 0 Å². The molecule has 0 radical (unpaired) electrons. The Morgan fingerprint density at radius 3 is 2.44 bits per heavy atom. The molecule has 1 aliphatic heterocycles. The number of aromatic carboxylic acids is 1. The van der Waals surface area contributed by atoms with Crippen LogP contribution in [-0.4, -0.2) is 65.4 Å². The lowest BCUT2D eigenvalue weighted by molar-refractivity contribution is -0.132. The molecule has 3 amide bonds. The average Bonchev–Trinajstić information content (AvgIpc) is 3.30. The molecule has 1 unspecified atom stereocenters. The lowest BCUT2D eigenvalue weighted by atomic mass is 10.1. The zero-order valence-corrected chi connectivity index (χ0v) is 21.9. The van der Waals surface area contributed by atoms with Crippen LogP contribution in [0.4, 0.5) is 16.2 Å². The SMILES string of the molecule is COc1cc(CC(=O)N2C[C@@H](O)CC2COc2ccc(C(=O)O)cc2)ccc1NC(=O)Nc1ccccc1Cl. The van der Waals surface area contributed by atoms with Gasteiger partial charge < -0.3 is 35.2 Å². The van der Waals surface area contributed by atoms with Crippen LogP contribution in [0.5, 0.6) is 11.5 Å². The minimum Gasteiger partial charge on any atom is -0.495 e. The van der Waals surface area contributed by atoms with Crippen LogP contribution in [0.3, 0.4) is 0 Å². The number of carboxylic acid groups (broad SMARTS) is 1. The van der Waals surface area contributed by atoms with Crippen molar-refractivity contribution in [2.24, 2.45) is 0 Å². The number of ether oxygens (including phenoxy) is 2. The molecule has 204 valence electrons. The van der Waals surface area contributed by atoms with Crippen molar-refractivity contribution in [2.45, 2.75) is 25.0 Å². The third kappa shape index (κ3) is 7.18. The summed E-state index contributed by atoms with van der Waals surface area (Å²) in [5, 5.41) is 25.0. The summed E-state index contributed by atoms with van der Waals surface area (Å²) in [7, 11) is 1.46. The molecule has 4 N–H and O–H groups in total. The molecule has 3 aromatic carbocycles. The van der Waals surface area contributed by atoms with Gasteiger partial charge in [0.1, 0.15) is 18.1 Å². The molecule has 0 saturated carbocycles. The fourth-order valence-corrected chi connectivity index (χ4v) is 4.49. The minimum atomic E-state index is -1.03. The fraction of sp³-hybridized carbons (Fsp3) is 0.250. The molecule has 1 saturated heterocycles. The number of halogens is 1. The van der Waals surface area contributed by atoms with Gasteiger partial charge in [0, 0.05) is 6.54 Å². The molecule has 0 aliphatic carbocycles. The van der Waals surface area contributed by atoms with E-state index < -0.39 is 18.1 Å². The van der Waals surface area contributed by atoms with Gasteiger partial charge in [-0.2, -0.15) is 0 Å². The number of benzene rings is 3. The van der Waals surface area contributed by atoms with E-state index in [0.29, 0.717) is 39.9 Å². The molecule has 4 rings (SSSR count). The van der Waals surface area contributed by atoms with Crippen molar-refractivity contribution in [1.82, 2.24) is 4.90 Å². The zero-order chi connectivity index (χ0) is 27.9. The lowest BCUT2D eigenvalue weighted by Gasteiger charge is -2.25. The Labute approximate surface area is 230 Å². The second-order valence-electron chi connectivity index (χ2n) is 9.00. The first-order valence-electron chi connectivity index (χ1n) is 12.2. The van der Waals surface area contributed by atoms with Crippen molar-refractivity contribution in [3.8, 4) is 11.5 Å². The Morgan fingerprint density at radius 2 is 1.74 bits per heavy atom. The number of hydrogen-bond donors (Lipinski definition) is 4. The summed E-state index contributed by atoms with van der Waals surface area (Å²) in [5.74, 6) is -0.375. The maximum atomic E-state index is 13.2. The van der Waals surface area contributed by atoms with Gasteiger partial charge in [-0.15, -0.1) is 0 Å². The number of carbonyl (C=O) groups excluding carboxylic acids is 2. The lowest BCUT2D eigenvalue weighted by Crippen LogP contribution is -2.40. The average molecular weight is 554 g/mol. The highest BCUT2D eigenvalue weighted by Crippen LogP contribution is 2.28. The number of β-amino-alcohol motifs (C(OH)–C–C–N with tert-alkyl or cyclic N) is 1. The first kappa shape index (κ1) is 27.7. The molecular weight excluding hydrogens is 526 g/mol. The molecule has 3 aromatic rings. The maximum Gasteiger partial charge on any atom is 0.335 e. The van der Waals surface area contributed by atoms with E-state index in [1.165, 1.54) is 19.2 Å². The van der Waals surface area contributed by atoms with E-state index in [1.807, 2.05) is 0 Å². The van der Waals surface area contributed by atoms with Crippen molar-refractivity contribution in [2.75, 3.05) is 30.9 Å². The number of carbonyl (C=O) groups is 3. The summed E-state index contributed by atoms with van der Waals surface area (Å²) < 4.78 is 11.2. The highest BCUT2D eigenvalue weighted by Gasteiger charge is 2.34. The quantitative estimate of drug-likeness (QED) is 0.310. The number of rotatable bonds is 9. The van der Waals surface area contributed by atoms with Gasteiger partial charge in [-0.1, -0.05) is 29.8 Å². The topological polar surface area (TPSA) is 137 Å². The number of carboxylic acids is 1. The van der Waals surface area contributed by atoms with Crippen molar-refractivity contribution in [1.29, 1.82) is 0 Å². The molecule has 1 aliphatic rings. The van der Waals surface area contributed by atoms with Gasteiger partial charge in [-0.25, -0.2) is 9.59 Å². The highest BCUT2D eigenvalue weighted by atomic mass is 35.5. The number of likely N-dealkylation sites (tertiary alicyclic amines) is 1. The van der Waals surface area contributed by atoms with Gasteiger partial charge in [0.05, 0.1) is 47.6 Å². The van der Waals surface area contributed by atoms with Crippen molar-refractivity contribution in [3.63, 3.8) is 0 Å². The van der Waals surface area contributed by atoms with Gasteiger partial charge in [0.15, 0.2) is 0 Å². The van der Waals surface area contributed by atoms with Gasteiger partial charge in [-0.05, 0) is 60.5 Å². The number of aliphatic hydroxyl groups is 1. The van der Waals surface area contributed by atoms with E-state index in [9.17, 15) is 19.5 Å². The summed E-state index contributed by atoms with van der Waals surface area (Å²) in [4.78, 5) is 38.2. The Kier molecular flexibility index (Phi) is 8.90. The molecular formula is C28H28ClN3O7. The largest absolute Gasteiger partial charge is 0.495 e. The summed E-state index contributed by atoms with van der Waals surface area (Å²) in [6, 6.07) is 17.0. The van der Waals surface area contributed by atoms with Crippen LogP contribution in [0.1, 0.15) is 22.3 Å². The first-order valence-corrected chi connectivity index (χ1v) is 12.5. The van der Waals surface area contributed by atoms with E-state index in [0.717, 1.165) is 0 Å². The Balaban J connectivity index is 1.37. The molecule has 1 fully saturated rings. The van der Waals surface area contributed by atoms with E-state index in [4.69, 9.17) is 26.2 Å². The second kappa shape index (κ2) is 12.5. The first-order chi connectivity index (χ1) is 18.7. The fourth-order valence-electron chi connectivity index (χ4n) is 4.31. The number of nitrogens with zero attached hydrogens (tertiary/aromatic N) is 1. The van der Waals surface area contributed by atoms with E-state index in [2.05, 4.69) is 10.6 Å². The number of aliphatic hydroxyl groups excluding tert-OH is 1. The van der Waals surface area contributed by atoms with Crippen molar-refractivity contribution >= 4 is 40.9 Å². The highest BCUT2D eigenvalue weighted by molar-refractivity contribution is 6.33. The van der Waals surface area contributed by atoms with E-state index in [-0.39, 0.29) is 37.1 Å². The van der Waals surface area contributed by atoms with Crippen LogP contribution in [0.2, 0.25) is 5.02 Å². The van der Waals surface area contributed by atoms with Gasteiger partial charge in [0.25, 0.3) is 0 Å². The van der Waals surface area contributed by atoms with Crippen LogP contribution in [0, 0.1) is 0 Å². The molecule has 1 heterocycles. The van der Waals surface area contributed by atoms with Crippen LogP contribution in [0.25, 0.3) is 0 Å². The van der Waals surface area contributed by atoms with Crippen molar-refractivity contribution < 1.29 is 34.1 Å². The molecule has 11 heteroatoms. The zero-order valence-electron chi connectivity index (χ0n) is 21.1. The summed E-state index contributed by atoms with van der Waals surface area (Å²) in [6.45, 7) is 0.339. The molecule has 2 atom stereocenters. The maximum absolute atomic E-state index is 13.2. The van der Waals surface area contributed by atoms with Crippen LogP contribution >= 0.6 is 11.6 Å². The van der Waals surface area contributed by atoms with Crippen LogP contribution in [0.15, 0.2) is 66.7 Å². The standard InChI is InChI=1S/C28H28ClN3O7/c1-38-25-12-17(6-11-24(25)31-28(37)30-23-5-3-2-4-22(23)29)13-26(34)32-15-20(33)14-19(32)16-39-21-9-7-18(8-10-21)27(35)36/h2-12,19-20,33H,13-16H2,1H3,(H,35,36)(H2,30,31,37)/t19?,20-/m0/s1. The number of methoxy groups -OCH3 is 1. The number of para-hydroxylation sites is 1. The summed E-state index contributed by atoms with van der Waals surface area (Å²) in [5.41, 5.74) is 1.68. The monoisotopic (exact) mass is 553 g/mol. The molecule has 0 spiro atoms. The third-order valence-electron chi connectivity index (χ3n) is 6.25. The van der Waals surface area contributed by atoms with Gasteiger partial charge in [0.2, 0.25) is 5.91 Å². The molecule has 10 nitrogen and oxygen atoms in total. The third-order valence-corrected chi connectivity index (χ3v) is 6.58. The van der Waals surface area contributed by atoms with Crippen LogP contribution < -0.4 is 20.1 Å². The second-order valence-corrected chi connectivity index (χ2v) is 9.41. The minimum absolute atomic E-state index is 0.0546. The van der Waals surface area contributed by atoms with Gasteiger partial charge >= 0.3 is 12.0 Å². The molecule has 0 aromatic heterocycles. The van der Waals surface area contributed by atoms with Crippen LogP contribution in [-0.2, 0) is 11.2 Å². The number of hydrogen-bond acceptors (Lipinski definition) is 6. The predicted octanol–water partition coefficient (Wildman–Crippen LogP) is 4.27. The summed E-state index contributed by atoms with van der Waals surface area (Å²) >= 11 is 6.09. The Hall–Kier alpha value is -4.28. The van der Waals surface area contributed by atoms with Gasteiger partial charge in [-0.3, -0.25) is 4.79 Å². The molecule has 39 heavy (non-hydrogen) atoms. The summed E-state index contributed by atoms with van der Waals surface area (Å²) in [6.07, 6.45) is -0.250. The smallest absolute Gasteiger partial charge is 0.335 e. The Bertz CT molecular complexity index is 1350. The van der Waals surface area contributed by atoms with E-state index in [1.54, 1.807) is 59.5 Å². The molecule has 0 bridgehead atoms. The predicted molar refractivity (Wildman–Crippen MR) is 146 cm³/mol. The Morgan fingerprint density at radius 1 is 1.03 bits per heavy atom. The van der Waals surface area contributed by atoms with Crippen molar-refractivity contribution in [3.05, 3.63) is 82.9 Å². The number of nitrogens with one attached hydrogen (secondary N) is 2. The number of urea groups is 1. The number of anilines is 2. The number of amides is 3.